The van der Waals surface area contributed by atoms with Crippen molar-refractivity contribution >= 4 is 11.2 Å². The van der Waals surface area contributed by atoms with E-state index in [1.165, 1.54) is 9.13 Å². The van der Waals surface area contributed by atoms with Gasteiger partial charge in [-0.2, -0.15) is 0 Å². The first-order chi connectivity index (χ1) is 16.1. The number of aromatic nitrogens is 4. The summed E-state index contributed by atoms with van der Waals surface area (Å²) in [6, 6.07) is 16.7. The van der Waals surface area contributed by atoms with E-state index in [4.69, 9.17) is 14.2 Å². The van der Waals surface area contributed by atoms with Crippen LogP contribution in [0.25, 0.3) is 11.2 Å². The van der Waals surface area contributed by atoms with Crippen molar-refractivity contribution in [3.63, 3.8) is 0 Å². The second-order valence-corrected chi connectivity index (χ2v) is 7.44. The van der Waals surface area contributed by atoms with E-state index in [0.29, 0.717) is 36.6 Å². The molecule has 0 aliphatic carbocycles. The van der Waals surface area contributed by atoms with Crippen molar-refractivity contribution in [2.45, 2.75) is 19.6 Å². The standard InChI is InChI=1S/C24H26N4O5/c1-31-14-12-26-17-25-22-21(26)23(29)27(13-15-33-20-10-8-19(32-2)9-11-20)24(30)28(22)16-18-6-4-3-5-7-18/h3-11,17H,12-16H2,1-2H3. The van der Waals surface area contributed by atoms with Gasteiger partial charge in [0.05, 0.1) is 33.1 Å². The molecule has 0 aliphatic rings. The van der Waals surface area contributed by atoms with Gasteiger partial charge in [0, 0.05) is 13.7 Å². The van der Waals surface area contributed by atoms with E-state index < -0.39 is 11.2 Å². The van der Waals surface area contributed by atoms with Gasteiger partial charge in [-0.05, 0) is 29.8 Å². The third-order valence-electron chi connectivity index (χ3n) is 5.35. The molecule has 4 rings (SSSR count). The predicted octanol–water partition coefficient (Wildman–Crippen LogP) is 2.14. The molecule has 0 aliphatic heterocycles. The van der Waals surface area contributed by atoms with Gasteiger partial charge in [-0.25, -0.2) is 9.78 Å². The van der Waals surface area contributed by atoms with Crippen molar-refractivity contribution in [2.75, 3.05) is 27.4 Å². The monoisotopic (exact) mass is 450 g/mol. The molecule has 0 fully saturated rings. The minimum atomic E-state index is -0.424. The molecule has 9 heteroatoms. The topological polar surface area (TPSA) is 89.5 Å². The van der Waals surface area contributed by atoms with Gasteiger partial charge in [0.25, 0.3) is 5.56 Å². The number of ether oxygens (including phenoxy) is 3. The summed E-state index contributed by atoms with van der Waals surface area (Å²) in [5.41, 5.74) is 0.842. The molecular formula is C24H26N4O5. The highest BCUT2D eigenvalue weighted by Gasteiger charge is 2.18. The number of fused-ring (bicyclic) bond motifs is 1. The van der Waals surface area contributed by atoms with Crippen LogP contribution in [0.4, 0.5) is 0 Å². The lowest BCUT2D eigenvalue weighted by Gasteiger charge is -2.13. The SMILES string of the molecule is COCCn1cnc2c1c(=O)n(CCOc1ccc(OC)cc1)c(=O)n2Cc1ccccc1. The van der Waals surface area contributed by atoms with E-state index in [2.05, 4.69) is 4.98 Å². The highest BCUT2D eigenvalue weighted by molar-refractivity contribution is 5.70. The highest BCUT2D eigenvalue weighted by Crippen LogP contribution is 2.17. The fourth-order valence-corrected chi connectivity index (χ4v) is 3.63. The smallest absolute Gasteiger partial charge is 0.333 e. The largest absolute Gasteiger partial charge is 0.497 e. The predicted molar refractivity (Wildman–Crippen MR) is 124 cm³/mol. The molecular weight excluding hydrogens is 424 g/mol. The molecule has 33 heavy (non-hydrogen) atoms. The average Bonchev–Trinajstić information content (AvgIpc) is 3.27. The third kappa shape index (κ3) is 4.83. The fraction of sp³-hybridized carbons (Fsp3) is 0.292. The Morgan fingerprint density at radius 1 is 0.848 bits per heavy atom. The Kier molecular flexibility index (Phi) is 6.89. The second-order valence-electron chi connectivity index (χ2n) is 7.44. The van der Waals surface area contributed by atoms with Crippen LogP contribution in [0.15, 0.2) is 70.5 Å². The summed E-state index contributed by atoms with van der Waals surface area (Å²) in [7, 11) is 3.19. The number of methoxy groups -OCH3 is 2. The van der Waals surface area contributed by atoms with E-state index in [9.17, 15) is 9.59 Å². The van der Waals surface area contributed by atoms with Gasteiger partial charge < -0.3 is 18.8 Å². The van der Waals surface area contributed by atoms with E-state index >= 15 is 0 Å². The zero-order valence-electron chi connectivity index (χ0n) is 18.6. The lowest BCUT2D eigenvalue weighted by atomic mass is 10.2. The molecule has 2 aromatic carbocycles. The van der Waals surface area contributed by atoms with Crippen LogP contribution in [0.3, 0.4) is 0 Å². The highest BCUT2D eigenvalue weighted by atomic mass is 16.5. The maximum Gasteiger partial charge on any atom is 0.333 e. The summed E-state index contributed by atoms with van der Waals surface area (Å²) >= 11 is 0. The Morgan fingerprint density at radius 3 is 2.27 bits per heavy atom. The van der Waals surface area contributed by atoms with Crippen molar-refractivity contribution in [3.8, 4) is 11.5 Å². The molecule has 4 aromatic rings. The van der Waals surface area contributed by atoms with Gasteiger partial charge in [0.15, 0.2) is 11.2 Å². The van der Waals surface area contributed by atoms with E-state index in [-0.39, 0.29) is 13.2 Å². The van der Waals surface area contributed by atoms with Gasteiger partial charge in [-0.3, -0.25) is 13.9 Å². The minimum Gasteiger partial charge on any atom is -0.497 e. The molecule has 0 N–H and O–H groups in total. The number of imidazole rings is 1. The van der Waals surface area contributed by atoms with Crippen LogP contribution in [0.2, 0.25) is 0 Å². The van der Waals surface area contributed by atoms with Crippen molar-refractivity contribution in [2.24, 2.45) is 0 Å². The van der Waals surface area contributed by atoms with E-state index in [0.717, 1.165) is 11.3 Å². The zero-order valence-corrected chi connectivity index (χ0v) is 18.6. The maximum atomic E-state index is 13.3. The van der Waals surface area contributed by atoms with Gasteiger partial charge in [-0.1, -0.05) is 30.3 Å². The number of hydrogen-bond acceptors (Lipinski definition) is 6. The molecule has 2 aromatic heterocycles. The molecule has 0 saturated carbocycles. The van der Waals surface area contributed by atoms with Crippen molar-refractivity contribution < 1.29 is 14.2 Å². The quantitative estimate of drug-likeness (QED) is 0.368. The van der Waals surface area contributed by atoms with Crippen LogP contribution in [-0.4, -0.2) is 46.1 Å². The first-order valence-electron chi connectivity index (χ1n) is 10.6. The van der Waals surface area contributed by atoms with Crippen molar-refractivity contribution in [3.05, 3.63) is 87.3 Å². The van der Waals surface area contributed by atoms with Crippen LogP contribution in [-0.2, 0) is 24.4 Å². The van der Waals surface area contributed by atoms with Gasteiger partial charge in [0.1, 0.15) is 18.1 Å². The van der Waals surface area contributed by atoms with E-state index in [1.54, 1.807) is 49.4 Å². The summed E-state index contributed by atoms with van der Waals surface area (Å²) < 4.78 is 20.5. The van der Waals surface area contributed by atoms with Crippen LogP contribution in [0, 0.1) is 0 Å². The number of rotatable bonds is 10. The number of benzene rings is 2. The number of nitrogens with zero attached hydrogens (tertiary/aromatic N) is 4. The van der Waals surface area contributed by atoms with E-state index in [1.807, 2.05) is 30.3 Å². The minimum absolute atomic E-state index is 0.101. The Hall–Kier alpha value is -3.85. The summed E-state index contributed by atoms with van der Waals surface area (Å²) in [5, 5.41) is 0. The molecule has 0 bridgehead atoms. The average molecular weight is 450 g/mol. The molecule has 0 saturated heterocycles. The first-order valence-corrected chi connectivity index (χ1v) is 10.6. The lowest BCUT2D eigenvalue weighted by Crippen LogP contribution is -2.42. The summed E-state index contributed by atoms with van der Waals surface area (Å²) in [6.45, 7) is 1.43. The van der Waals surface area contributed by atoms with Crippen LogP contribution in [0.1, 0.15) is 5.56 Å². The van der Waals surface area contributed by atoms with Crippen LogP contribution in [0.5, 0.6) is 11.5 Å². The Bertz CT molecular complexity index is 1320. The van der Waals surface area contributed by atoms with Gasteiger partial charge >= 0.3 is 5.69 Å². The van der Waals surface area contributed by atoms with Crippen LogP contribution < -0.4 is 20.7 Å². The summed E-state index contributed by atoms with van der Waals surface area (Å²) in [4.78, 5) is 31.0. The molecule has 0 radical (unpaired) electrons. The molecule has 0 spiro atoms. The fourth-order valence-electron chi connectivity index (χ4n) is 3.63. The summed E-state index contributed by atoms with van der Waals surface area (Å²) in [5.74, 6) is 1.34. The molecule has 9 nitrogen and oxygen atoms in total. The second kappa shape index (κ2) is 10.2. The van der Waals surface area contributed by atoms with Crippen LogP contribution >= 0.6 is 0 Å². The number of hydrogen-bond donors (Lipinski definition) is 0. The van der Waals surface area contributed by atoms with Crippen molar-refractivity contribution in [1.82, 2.24) is 18.7 Å². The third-order valence-corrected chi connectivity index (χ3v) is 5.35. The Morgan fingerprint density at radius 2 is 1.58 bits per heavy atom. The molecule has 172 valence electrons. The normalized spacial score (nSPS) is 11.1. The molecule has 0 unspecified atom stereocenters. The van der Waals surface area contributed by atoms with Crippen molar-refractivity contribution in [1.29, 1.82) is 0 Å². The first kappa shape index (κ1) is 22.3. The van der Waals surface area contributed by atoms with Gasteiger partial charge in [-0.15, -0.1) is 0 Å². The Labute approximate surface area is 190 Å². The summed E-state index contributed by atoms with van der Waals surface area (Å²) in [6.07, 6.45) is 1.57. The Balaban J connectivity index is 1.69. The zero-order chi connectivity index (χ0) is 23.2. The maximum absolute atomic E-state index is 13.3. The molecule has 0 atom stereocenters. The lowest BCUT2D eigenvalue weighted by molar-refractivity contribution is 0.188. The van der Waals surface area contributed by atoms with Gasteiger partial charge in [0.2, 0.25) is 0 Å². The molecule has 0 amide bonds. The molecule has 2 heterocycles.